The number of imidazole rings is 1. The lowest BCUT2D eigenvalue weighted by atomic mass is 10.2. The third kappa shape index (κ3) is 8.13. The Labute approximate surface area is 227 Å². The number of carbonyl (C=O) groups is 3. The van der Waals surface area contributed by atoms with E-state index in [0.29, 0.717) is 4.90 Å². The molecule has 0 aliphatic heterocycles. The molecule has 39 heavy (non-hydrogen) atoms. The first kappa shape index (κ1) is 29.3. The van der Waals surface area contributed by atoms with Crippen LogP contribution in [-0.2, 0) is 20.8 Å². The summed E-state index contributed by atoms with van der Waals surface area (Å²) in [7, 11) is 0. The van der Waals surface area contributed by atoms with Crippen molar-refractivity contribution in [2.75, 3.05) is 4.90 Å². The molecule has 0 unspecified atom stereocenters. The highest BCUT2D eigenvalue weighted by atomic mass is 16.6. The van der Waals surface area contributed by atoms with Crippen LogP contribution in [-0.4, -0.2) is 54.6 Å². The first-order chi connectivity index (χ1) is 17.9. The molecular formula is C27H35N5O7. The Balaban J connectivity index is 2.18. The van der Waals surface area contributed by atoms with Crippen LogP contribution >= 0.6 is 0 Å². The van der Waals surface area contributed by atoms with Crippen molar-refractivity contribution in [2.45, 2.75) is 85.7 Å². The van der Waals surface area contributed by atoms with E-state index in [0.717, 1.165) is 10.1 Å². The third-order valence-electron chi connectivity index (χ3n) is 4.51. The van der Waals surface area contributed by atoms with Gasteiger partial charge in [0.15, 0.2) is 11.2 Å². The fourth-order valence-electron chi connectivity index (χ4n) is 3.09. The molecule has 3 rings (SSSR count). The maximum atomic E-state index is 13.2. The molecule has 12 heteroatoms. The molecular weight excluding hydrogens is 506 g/mol. The van der Waals surface area contributed by atoms with Crippen molar-refractivity contribution in [2.24, 2.45) is 0 Å². The summed E-state index contributed by atoms with van der Waals surface area (Å²) in [5, 5.41) is 0. The second-order valence-corrected chi connectivity index (χ2v) is 11.7. The first-order valence-electron chi connectivity index (χ1n) is 12.3. The number of benzene rings is 1. The van der Waals surface area contributed by atoms with Gasteiger partial charge in [-0.3, -0.25) is 0 Å². The van der Waals surface area contributed by atoms with Crippen LogP contribution in [0.2, 0.25) is 0 Å². The molecule has 0 radical (unpaired) electrons. The summed E-state index contributed by atoms with van der Waals surface area (Å²) < 4.78 is 23.4. The number of anilines is 1. The van der Waals surface area contributed by atoms with Crippen molar-refractivity contribution < 1.29 is 33.3 Å². The maximum Gasteiger partial charge on any atom is 0.427 e. The van der Waals surface area contributed by atoms with Crippen LogP contribution in [0.25, 0.3) is 11.2 Å². The number of rotatable bonds is 4. The zero-order valence-electron chi connectivity index (χ0n) is 23.8. The van der Waals surface area contributed by atoms with Crippen molar-refractivity contribution >= 4 is 35.4 Å². The van der Waals surface area contributed by atoms with E-state index in [9.17, 15) is 14.4 Å². The van der Waals surface area contributed by atoms with Crippen molar-refractivity contribution in [1.82, 2.24) is 19.5 Å². The number of nitrogens with zero attached hydrogens (tertiary/aromatic N) is 5. The van der Waals surface area contributed by atoms with Gasteiger partial charge in [0.2, 0.25) is 11.8 Å². The Bertz CT molecular complexity index is 1320. The lowest BCUT2D eigenvalue weighted by Gasteiger charge is -2.27. The summed E-state index contributed by atoms with van der Waals surface area (Å²) in [6.45, 7) is 15.1. The van der Waals surface area contributed by atoms with Crippen LogP contribution in [0.15, 0.2) is 36.7 Å². The van der Waals surface area contributed by atoms with Crippen molar-refractivity contribution in [3.8, 4) is 5.88 Å². The molecule has 0 atom stereocenters. The smallest absolute Gasteiger partial charge is 0.427 e. The summed E-state index contributed by atoms with van der Waals surface area (Å²) in [6, 6.07) is 9.28. The predicted octanol–water partition coefficient (Wildman–Crippen LogP) is 5.87. The minimum absolute atomic E-state index is 0.0468. The minimum atomic E-state index is -1.08. The number of carbonyl (C=O) groups excluding carboxylic acids is 3. The summed E-state index contributed by atoms with van der Waals surface area (Å²) in [5.74, 6) is -0.502. The summed E-state index contributed by atoms with van der Waals surface area (Å²) in [4.78, 5) is 52.9. The molecule has 0 bridgehead atoms. The largest absolute Gasteiger partial charge is 0.471 e. The van der Waals surface area contributed by atoms with E-state index in [4.69, 9.17) is 18.9 Å². The van der Waals surface area contributed by atoms with E-state index in [1.807, 2.05) is 30.3 Å². The first-order valence-corrected chi connectivity index (χ1v) is 12.3. The van der Waals surface area contributed by atoms with Gasteiger partial charge in [-0.05, 0) is 67.9 Å². The van der Waals surface area contributed by atoms with Gasteiger partial charge in [0.25, 0.3) is 0 Å². The van der Waals surface area contributed by atoms with Gasteiger partial charge in [0, 0.05) is 0 Å². The van der Waals surface area contributed by atoms with Crippen molar-refractivity contribution in [1.29, 1.82) is 0 Å². The van der Waals surface area contributed by atoms with Crippen LogP contribution in [0.4, 0.5) is 20.3 Å². The highest BCUT2D eigenvalue weighted by Crippen LogP contribution is 2.28. The monoisotopic (exact) mass is 541 g/mol. The highest BCUT2D eigenvalue weighted by Gasteiger charge is 2.36. The van der Waals surface area contributed by atoms with Gasteiger partial charge < -0.3 is 18.9 Å². The van der Waals surface area contributed by atoms with E-state index >= 15 is 0 Å². The summed E-state index contributed by atoms with van der Waals surface area (Å²) in [6.07, 6.45) is -1.72. The van der Waals surface area contributed by atoms with Gasteiger partial charge in [-0.1, -0.05) is 30.3 Å². The van der Waals surface area contributed by atoms with E-state index in [2.05, 4.69) is 15.0 Å². The molecule has 3 aromatic rings. The molecule has 0 spiro atoms. The average Bonchev–Trinajstić information content (AvgIpc) is 3.19. The lowest BCUT2D eigenvalue weighted by Crippen LogP contribution is -2.44. The molecule has 12 nitrogen and oxygen atoms in total. The lowest BCUT2D eigenvalue weighted by molar-refractivity contribution is 0.0425. The average molecular weight is 542 g/mol. The Kier molecular flexibility index (Phi) is 8.18. The Morgan fingerprint density at radius 2 is 1.33 bits per heavy atom. The second-order valence-electron chi connectivity index (χ2n) is 11.7. The molecule has 2 aromatic heterocycles. The zero-order valence-corrected chi connectivity index (χ0v) is 23.8. The Morgan fingerprint density at radius 3 is 1.85 bits per heavy atom. The fourth-order valence-corrected chi connectivity index (χ4v) is 3.09. The normalized spacial score (nSPS) is 12.1. The third-order valence-corrected chi connectivity index (χ3v) is 4.51. The Morgan fingerprint density at radius 1 is 0.795 bits per heavy atom. The molecule has 0 fully saturated rings. The molecule has 210 valence electrons. The van der Waals surface area contributed by atoms with Crippen molar-refractivity contribution in [3.05, 3.63) is 42.2 Å². The molecule has 2 heterocycles. The quantitative estimate of drug-likeness (QED) is 0.369. The number of imide groups is 1. The molecule has 0 saturated carbocycles. The molecule has 0 saturated heterocycles. The SMILES string of the molecule is CC(C)(C)OC(=O)N(C(=O)OC(C)(C)C)c1nc(OCc2ccccc2)c2ncn(C(=O)OC(C)(C)C)c2n1. The molecule has 0 aliphatic rings. The van der Waals surface area contributed by atoms with Gasteiger partial charge in [-0.25, -0.2) is 23.9 Å². The summed E-state index contributed by atoms with van der Waals surface area (Å²) in [5.41, 5.74) is -1.81. The van der Waals surface area contributed by atoms with E-state index in [1.165, 1.54) is 6.33 Å². The van der Waals surface area contributed by atoms with E-state index in [1.54, 1.807) is 62.3 Å². The number of fused-ring (bicyclic) bond motifs is 1. The van der Waals surface area contributed by atoms with Crippen LogP contribution in [0.5, 0.6) is 5.88 Å². The number of aromatic nitrogens is 4. The van der Waals surface area contributed by atoms with Crippen LogP contribution in [0.1, 0.15) is 67.9 Å². The van der Waals surface area contributed by atoms with E-state index < -0.39 is 41.0 Å². The number of hydrogen-bond donors (Lipinski definition) is 0. The van der Waals surface area contributed by atoms with E-state index in [-0.39, 0.29) is 23.7 Å². The Hall–Kier alpha value is -4.22. The fraction of sp³-hybridized carbons (Fsp3) is 0.481. The van der Waals surface area contributed by atoms with Gasteiger partial charge in [-0.15, -0.1) is 4.90 Å². The van der Waals surface area contributed by atoms with Crippen LogP contribution in [0, 0.1) is 0 Å². The maximum absolute atomic E-state index is 13.2. The zero-order chi connectivity index (χ0) is 29.2. The molecule has 1 aromatic carbocycles. The van der Waals surface area contributed by atoms with Gasteiger partial charge >= 0.3 is 18.3 Å². The molecule has 0 N–H and O–H groups in total. The predicted molar refractivity (Wildman–Crippen MR) is 143 cm³/mol. The van der Waals surface area contributed by atoms with Crippen LogP contribution < -0.4 is 9.64 Å². The highest BCUT2D eigenvalue weighted by molar-refractivity contribution is 6.08. The molecule has 2 amide bonds. The van der Waals surface area contributed by atoms with Gasteiger partial charge in [-0.2, -0.15) is 9.97 Å². The standard InChI is InChI=1S/C27H35N5O7/c1-25(2,3)37-22(33)31-16-28-18-19(31)29-21(30-20(18)36-15-17-13-11-10-12-14-17)32(23(34)38-26(4,5)6)24(35)39-27(7,8)9/h10-14,16H,15H2,1-9H3. The van der Waals surface area contributed by atoms with Gasteiger partial charge in [0.05, 0.1) is 0 Å². The topological polar surface area (TPSA) is 135 Å². The minimum Gasteiger partial charge on any atom is -0.471 e. The number of ether oxygens (including phenoxy) is 4. The number of hydrogen-bond acceptors (Lipinski definition) is 10. The van der Waals surface area contributed by atoms with Gasteiger partial charge in [0.1, 0.15) is 29.7 Å². The summed E-state index contributed by atoms with van der Waals surface area (Å²) >= 11 is 0. The van der Waals surface area contributed by atoms with Crippen molar-refractivity contribution in [3.63, 3.8) is 0 Å². The number of amides is 2. The second kappa shape index (κ2) is 10.9. The van der Waals surface area contributed by atoms with Crippen LogP contribution in [0.3, 0.4) is 0 Å². The molecule has 0 aliphatic carbocycles.